The molecular formula is C8H18N3. The molecule has 65 valence electrons. The van der Waals surface area contributed by atoms with Crippen molar-refractivity contribution in [3.05, 3.63) is 0 Å². The molecule has 1 fully saturated rings. The highest BCUT2D eigenvalue weighted by Crippen LogP contribution is 1.98. The zero-order valence-corrected chi connectivity index (χ0v) is 7.58. The minimum atomic E-state index is 0.923. The monoisotopic (exact) mass is 156 g/mol. The molecule has 1 aliphatic heterocycles. The van der Waals surface area contributed by atoms with Crippen molar-refractivity contribution in [2.24, 2.45) is 0 Å². The van der Waals surface area contributed by atoms with Gasteiger partial charge in [0, 0.05) is 32.7 Å². The Morgan fingerprint density at radius 2 is 1.73 bits per heavy atom. The van der Waals surface area contributed by atoms with Crippen LogP contribution in [0.3, 0.4) is 0 Å². The summed E-state index contributed by atoms with van der Waals surface area (Å²) in [7, 11) is 0. The van der Waals surface area contributed by atoms with Crippen molar-refractivity contribution >= 4 is 0 Å². The van der Waals surface area contributed by atoms with Gasteiger partial charge in [0.05, 0.1) is 0 Å². The molecule has 0 N–H and O–H groups in total. The molecule has 1 rings (SSSR count). The minimum Gasteiger partial charge on any atom is -0.301 e. The van der Waals surface area contributed by atoms with Gasteiger partial charge in [0.2, 0.25) is 0 Å². The van der Waals surface area contributed by atoms with Crippen LogP contribution in [-0.4, -0.2) is 49.2 Å². The van der Waals surface area contributed by atoms with E-state index in [1.54, 1.807) is 0 Å². The van der Waals surface area contributed by atoms with Gasteiger partial charge in [-0.2, -0.15) is 5.43 Å². The second-order valence-corrected chi connectivity index (χ2v) is 2.85. The third kappa shape index (κ3) is 2.77. The molecular weight excluding hydrogens is 138 g/mol. The number of rotatable bonds is 3. The van der Waals surface area contributed by atoms with E-state index in [4.69, 9.17) is 0 Å². The number of nitrogens with zero attached hydrogens (tertiary/aromatic N) is 3. The standard InChI is InChI=1S/C8H18N3/c1-3-9-11-7-5-10(4-2)6-8-11/h3-8H2,1-2H3. The highest BCUT2D eigenvalue weighted by Gasteiger charge is 2.14. The first-order chi connectivity index (χ1) is 5.36. The number of hydrogen-bond acceptors (Lipinski definition) is 2. The van der Waals surface area contributed by atoms with Crippen molar-refractivity contribution < 1.29 is 0 Å². The second-order valence-electron chi connectivity index (χ2n) is 2.85. The van der Waals surface area contributed by atoms with E-state index in [2.05, 4.69) is 29.2 Å². The van der Waals surface area contributed by atoms with Gasteiger partial charge in [0.1, 0.15) is 0 Å². The molecule has 0 aromatic rings. The molecule has 0 aromatic carbocycles. The van der Waals surface area contributed by atoms with Crippen LogP contribution < -0.4 is 5.43 Å². The zero-order chi connectivity index (χ0) is 8.10. The Bertz CT molecular complexity index is 97.5. The van der Waals surface area contributed by atoms with E-state index >= 15 is 0 Å². The first-order valence-electron chi connectivity index (χ1n) is 4.51. The van der Waals surface area contributed by atoms with E-state index in [0.29, 0.717) is 0 Å². The maximum Gasteiger partial charge on any atom is 0.0278 e. The normalized spacial score (nSPS) is 22.4. The van der Waals surface area contributed by atoms with Crippen molar-refractivity contribution in [3.8, 4) is 0 Å². The van der Waals surface area contributed by atoms with Crippen molar-refractivity contribution in [3.63, 3.8) is 0 Å². The van der Waals surface area contributed by atoms with Gasteiger partial charge in [-0.3, -0.25) is 0 Å². The maximum absolute atomic E-state index is 4.36. The van der Waals surface area contributed by atoms with E-state index in [0.717, 1.165) is 19.6 Å². The van der Waals surface area contributed by atoms with Crippen LogP contribution in [0.25, 0.3) is 0 Å². The predicted molar refractivity (Wildman–Crippen MR) is 46.4 cm³/mol. The molecule has 1 aliphatic rings. The summed E-state index contributed by atoms with van der Waals surface area (Å²) < 4.78 is 0. The maximum atomic E-state index is 4.36. The molecule has 0 spiro atoms. The van der Waals surface area contributed by atoms with Crippen molar-refractivity contribution in [1.29, 1.82) is 0 Å². The molecule has 0 aromatic heterocycles. The molecule has 1 radical (unpaired) electrons. The Morgan fingerprint density at radius 1 is 1.09 bits per heavy atom. The zero-order valence-electron chi connectivity index (χ0n) is 7.58. The summed E-state index contributed by atoms with van der Waals surface area (Å²) >= 11 is 0. The lowest BCUT2D eigenvalue weighted by Crippen LogP contribution is -2.48. The fraction of sp³-hybridized carbons (Fsp3) is 1.00. The van der Waals surface area contributed by atoms with Gasteiger partial charge >= 0.3 is 0 Å². The summed E-state index contributed by atoms with van der Waals surface area (Å²) in [4.78, 5) is 2.46. The van der Waals surface area contributed by atoms with Gasteiger partial charge in [-0.05, 0) is 13.5 Å². The average Bonchev–Trinajstić information content (AvgIpc) is 2.07. The summed E-state index contributed by atoms with van der Waals surface area (Å²) in [5.41, 5.74) is 4.36. The smallest absolute Gasteiger partial charge is 0.0278 e. The van der Waals surface area contributed by atoms with E-state index in [1.165, 1.54) is 19.6 Å². The molecule has 1 saturated heterocycles. The third-order valence-corrected chi connectivity index (χ3v) is 2.14. The van der Waals surface area contributed by atoms with E-state index < -0.39 is 0 Å². The lowest BCUT2D eigenvalue weighted by molar-refractivity contribution is 0.0908. The molecule has 3 nitrogen and oxygen atoms in total. The summed E-state index contributed by atoms with van der Waals surface area (Å²) in [6.45, 7) is 11.0. The summed E-state index contributed by atoms with van der Waals surface area (Å²) in [5, 5.41) is 2.19. The van der Waals surface area contributed by atoms with Crippen LogP contribution in [0.1, 0.15) is 13.8 Å². The van der Waals surface area contributed by atoms with Crippen LogP contribution in [0.4, 0.5) is 0 Å². The molecule has 0 saturated carbocycles. The summed E-state index contributed by atoms with van der Waals surface area (Å²) in [6.07, 6.45) is 0. The van der Waals surface area contributed by atoms with Crippen molar-refractivity contribution in [2.75, 3.05) is 39.3 Å². The average molecular weight is 156 g/mol. The van der Waals surface area contributed by atoms with Gasteiger partial charge in [-0.15, -0.1) is 0 Å². The Labute approximate surface area is 69.3 Å². The first kappa shape index (κ1) is 8.97. The van der Waals surface area contributed by atoms with E-state index in [-0.39, 0.29) is 0 Å². The van der Waals surface area contributed by atoms with Crippen LogP contribution in [-0.2, 0) is 0 Å². The second kappa shape index (κ2) is 4.70. The third-order valence-electron chi connectivity index (χ3n) is 2.14. The fourth-order valence-electron chi connectivity index (χ4n) is 1.39. The Kier molecular flexibility index (Phi) is 3.83. The van der Waals surface area contributed by atoms with Gasteiger partial charge in [-0.25, -0.2) is 5.01 Å². The predicted octanol–water partition coefficient (Wildman–Crippen LogP) is 0.163. The Balaban J connectivity index is 2.14. The van der Waals surface area contributed by atoms with Crippen LogP contribution >= 0.6 is 0 Å². The molecule has 0 bridgehead atoms. The van der Waals surface area contributed by atoms with E-state index in [9.17, 15) is 0 Å². The lowest BCUT2D eigenvalue weighted by atomic mass is 10.3. The molecule has 3 heteroatoms. The molecule has 0 unspecified atom stereocenters. The number of piperazine rings is 1. The van der Waals surface area contributed by atoms with E-state index in [1.807, 2.05) is 0 Å². The molecule has 11 heavy (non-hydrogen) atoms. The summed E-state index contributed by atoms with van der Waals surface area (Å²) in [6, 6.07) is 0. The highest BCUT2D eigenvalue weighted by atomic mass is 15.5. The molecule has 1 heterocycles. The highest BCUT2D eigenvalue weighted by molar-refractivity contribution is 4.67. The Morgan fingerprint density at radius 3 is 2.18 bits per heavy atom. The SMILES string of the molecule is CC[N]N1CCN(CC)CC1. The quantitative estimate of drug-likeness (QED) is 0.580. The fourth-order valence-corrected chi connectivity index (χ4v) is 1.39. The van der Waals surface area contributed by atoms with Crippen LogP contribution in [0.5, 0.6) is 0 Å². The minimum absolute atomic E-state index is 0.923. The number of likely N-dealkylation sites (N-methyl/N-ethyl adjacent to an activating group) is 1. The van der Waals surface area contributed by atoms with Gasteiger partial charge in [-0.1, -0.05) is 6.92 Å². The van der Waals surface area contributed by atoms with Crippen LogP contribution in [0.2, 0.25) is 0 Å². The topological polar surface area (TPSA) is 20.6 Å². The van der Waals surface area contributed by atoms with Crippen molar-refractivity contribution in [2.45, 2.75) is 13.8 Å². The van der Waals surface area contributed by atoms with Crippen LogP contribution in [0, 0.1) is 0 Å². The molecule has 0 amide bonds. The Hall–Kier alpha value is -0.120. The summed E-state index contributed by atoms with van der Waals surface area (Å²) in [5.74, 6) is 0. The van der Waals surface area contributed by atoms with Crippen LogP contribution in [0.15, 0.2) is 0 Å². The first-order valence-corrected chi connectivity index (χ1v) is 4.51. The largest absolute Gasteiger partial charge is 0.301 e. The van der Waals surface area contributed by atoms with Gasteiger partial charge < -0.3 is 4.90 Å². The number of hydrogen-bond donors (Lipinski definition) is 0. The molecule has 0 atom stereocenters. The molecule has 0 aliphatic carbocycles. The van der Waals surface area contributed by atoms with Gasteiger partial charge in [0.25, 0.3) is 0 Å². The van der Waals surface area contributed by atoms with Gasteiger partial charge in [0.15, 0.2) is 0 Å². The lowest BCUT2D eigenvalue weighted by Gasteiger charge is -2.32. The van der Waals surface area contributed by atoms with Crippen molar-refractivity contribution in [1.82, 2.24) is 15.3 Å².